The summed E-state index contributed by atoms with van der Waals surface area (Å²) in [5.41, 5.74) is 6.91. The Hall–Kier alpha value is -2.47. The summed E-state index contributed by atoms with van der Waals surface area (Å²) in [4.78, 5) is 34.1. The molecular weight excluding hydrogens is 528 g/mol. The zero-order valence-corrected chi connectivity index (χ0v) is 23.4. The van der Waals surface area contributed by atoms with E-state index in [2.05, 4.69) is 15.2 Å². The minimum absolute atomic E-state index is 0.159. The van der Waals surface area contributed by atoms with Gasteiger partial charge in [0.05, 0.1) is 15.7 Å². The Labute approximate surface area is 228 Å². The van der Waals surface area contributed by atoms with Crippen molar-refractivity contribution in [3.63, 3.8) is 0 Å². The molecule has 5 rings (SSSR count). The van der Waals surface area contributed by atoms with Crippen LogP contribution in [0, 0.1) is 5.92 Å². The average Bonchev–Trinajstić information content (AvgIpc) is 3.52. The molecule has 1 saturated heterocycles. The number of hydrogen-bond donors (Lipinski definition) is 2. The predicted molar refractivity (Wildman–Crippen MR) is 145 cm³/mol. The standard InChI is InChI=1S/C26H35ClN6O4S/c1-25(2,16-31-14-19(11-28)15-31)38(36,37)26(7-8-26)17-32-9-10-33-21(24(32)35)13-29-22(33)23(34)30-12-18-3-5-20(27)6-4-18/h3-6,13,19H,7-12,14-17,28H2,1-2H3,(H,30,34). The monoisotopic (exact) mass is 562 g/mol. The second kappa shape index (κ2) is 9.93. The van der Waals surface area contributed by atoms with Gasteiger partial charge in [0, 0.05) is 50.8 Å². The van der Waals surface area contributed by atoms with Crippen LogP contribution in [0.1, 0.15) is 53.4 Å². The molecule has 0 spiro atoms. The third-order valence-electron chi connectivity index (χ3n) is 8.08. The highest BCUT2D eigenvalue weighted by molar-refractivity contribution is 7.94. The van der Waals surface area contributed by atoms with E-state index in [1.165, 1.54) is 6.20 Å². The highest BCUT2D eigenvalue weighted by atomic mass is 35.5. The van der Waals surface area contributed by atoms with Crippen LogP contribution < -0.4 is 11.1 Å². The Balaban J connectivity index is 1.24. The van der Waals surface area contributed by atoms with Crippen molar-refractivity contribution < 1.29 is 18.0 Å². The Bertz CT molecular complexity index is 1330. The normalized spacial score (nSPS) is 19.7. The van der Waals surface area contributed by atoms with E-state index in [-0.39, 0.29) is 24.2 Å². The van der Waals surface area contributed by atoms with Crippen LogP contribution in [-0.4, -0.2) is 88.3 Å². The number of fused-ring (bicyclic) bond motifs is 1. The molecule has 0 atom stereocenters. The lowest BCUT2D eigenvalue weighted by molar-refractivity contribution is 0.0696. The Morgan fingerprint density at radius 2 is 1.89 bits per heavy atom. The Morgan fingerprint density at radius 1 is 1.21 bits per heavy atom. The molecule has 3 aliphatic rings. The molecule has 1 saturated carbocycles. The molecule has 1 aromatic heterocycles. The van der Waals surface area contributed by atoms with Crippen molar-refractivity contribution in [1.29, 1.82) is 0 Å². The molecule has 2 aromatic rings. The van der Waals surface area contributed by atoms with E-state index in [0.717, 1.165) is 18.7 Å². The number of likely N-dealkylation sites (tertiary alicyclic amines) is 1. The van der Waals surface area contributed by atoms with Gasteiger partial charge in [-0.1, -0.05) is 23.7 Å². The maximum atomic E-state index is 13.8. The second-order valence-corrected chi connectivity index (χ2v) is 14.8. The molecule has 2 amide bonds. The molecule has 206 valence electrons. The van der Waals surface area contributed by atoms with Gasteiger partial charge < -0.3 is 25.4 Å². The van der Waals surface area contributed by atoms with E-state index < -0.39 is 19.3 Å². The van der Waals surface area contributed by atoms with Crippen LogP contribution in [0.3, 0.4) is 0 Å². The van der Waals surface area contributed by atoms with Crippen molar-refractivity contribution >= 4 is 33.3 Å². The number of nitrogens with zero attached hydrogens (tertiary/aromatic N) is 4. The molecule has 0 radical (unpaired) electrons. The lowest BCUT2D eigenvalue weighted by Gasteiger charge is -2.44. The van der Waals surface area contributed by atoms with Crippen molar-refractivity contribution in [1.82, 2.24) is 24.7 Å². The van der Waals surface area contributed by atoms with Gasteiger partial charge in [0.2, 0.25) is 0 Å². The van der Waals surface area contributed by atoms with Crippen molar-refractivity contribution in [3.8, 4) is 0 Å². The van der Waals surface area contributed by atoms with Gasteiger partial charge in [0.15, 0.2) is 15.7 Å². The summed E-state index contributed by atoms with van der Waals surface area (Å²) in [5, 5.41) is 3.45. The van der Waals surface area contributed by atoms with Crippen molar-refractivity contribution in [3.05, 3.63) is 52.6 Å². The smallest absolute Gasteiger partial charge is 0.287 e. The van der Waals surface area contributed by atoms with Crippen molar-refractivity contribution in [2.75, 3.05) is 39.3 Å². The number of carbonyl (C=O) groups is 2. The van der Waals surface area contributed by atoms with Crippen LogP contribution in [0.4, 0.5) is 0 Å². The molecular formula is C26H35ClN6O4S. The summed E-state index contributed by atoms with van der Waals surface area (Å²) in [6.07, 6.45) is 2.50. The van der Waals surface area contributed by atoms with Gasteiger partial charge in [-0.25, -0.2) is 13.4 Å². The number of aromatic nitrogens is 2. The predicted octanol–water partition coefficient (Wildman–Crippen LogP) is 1.54. The Kier molecular flexibility index (Phi) is 7.08. The highest BCUT2D eigenvalue weighted by Gasteiger charge is 2.61. The van der Waals surface area contributed by atoms with Crippen molar-refractivity contribution in [2.45, 2.75) is 49.3 Å². The van der Waals surface area contributed by atoms with Gasteiger partial charge in [0.1, 0.15) is 5.69 Å². The van der Waals surface area contributed by atoms with Gasteiger partial charge in [-0.3, -0.25) is 9.59 Å². The van der Waals surface area contributed by atoms with E-state index in [1.807, 2.05) is 12.1 Å². The largest absolute Gasteiger partial charge is 0.345 e. The number of sulfone groups is 1. The van der Waals surface area contributed by atoms with Gasteiger partial charge in [-0.05, 0) is 56.8 Å². The minimum Gasteiger partial charge on any atom is -0.345 e. The molecule has 1 aliphatic carbocycles. The summed E-state index contributed by atoms with van der Waals surface area (Å²) in [7, 11) is -3.53. The first-order chi connectivity index (χ1) is 18.0. The van der Waals surface area contributed by atoms with E-state index in [1.54, 1.807) is 35.4 Å². The number of benzene rings is 1. The summed E-state index contributed by atoms with van der Waals surface area (Å²) < 4.78 is 27.4. The van der Waals surface area contributed by atoms with Crippen LogP contribution in [-0.2, 0) is 22.9 Å². The molecule has 0 unspecified atom stereocenters. The van der Waals surface area contributed by atoms with Crippen LogP contribution in [0.5, 0.6) is 0 Å². The molecule has 0 bridgehead atoms. The first-order valence-corrected chi connectivity index (χ1v) is 14.9. The molecule has 2 fully saturated rings. The van der Waals surface area contributed by atoms with Crippen LogP contribution in [0.2, 0.25) is 5.02 Å². The van der Waals surface area contributed by atoms with Crippen LogP contribution in [0.25, 0.3) is 0 Å². The van der Waals surface area contributed by atoms with Gasteiger partial charge in [0.25, 0.3) is 11.8 Å². The zero-order chi connectivity index (χ0) is 27.3. The highest BCUT2D eigenvalue weighted by Crippen LogP contribution is 2.49. The molecule has 10 nitrogen and oxygen atoms in total. The van der Waals surface area contributed by atoms with Crippen LogP contribution in [0.15, 0.2) is 30.5 Å². The number of rotatable bonds is 10. The Morgan fingerprint density at radius 3 is 2.53 bits per heavy atom. The quantitative estimate of drug-likeness (QED) is 0.449. The number of imidazole rings is 1. The summed E-state index contributed by atoms with van der Waals surface area (Å²) in [6, 6.07) is 7.16. The zero-order valence-electron chi connectivity index (χ0n) is 21.8. The first-order valence-electron chi connectivity index (χ1n) is 13.0. The van der Waals surface area contributed by atoms with Crippen LogP contribution >= 0.6 is 11.6 Å². The molecule has 38 heavy (non-hydrogen) atoms. The van der Waals surface area contributed by atoms with Gasteiger partial charge >= 0.3 is 0 Å². The summed E-state index contributed by atoms with van der Waals surface area (Å²) in [6.45, 7) is 7.47. The second-order valence-electron chi connectivity index (χ2n) is 11.4. The number of nitrogens with one attached hydrogen (secondary N) is 1. The van der Waals surface area contributed by atoms with E-state index in [9.17, 15) is 18.0 Å². The number of hydrogen-bond acceptors (Lipinski definition) is 7. The number of amides is 2. The summed E-state index contributed by atoms with van der Waals surface area (Å²) in [5.74, 6) is -0.0718. The maximum Gasteiger partial charge on any atom is 0.287 e. The van der Waals surface area contributed by atoms with E-state index >= 15 is 0 Å². The third-order valence-corrected chi connectivity index (χ3v) is 11.6. The average molecular weight is 563 g/mol. The minimum atomic E-state index is -3.53. The fraction of sp³-hybridized carbons (Fsp3) is 0.577. The maximum absolute atomic E-state index is 13.8. The molecule has 3 heterocycles. The topological polar surface area (TPSA) is 131 Å². The van der Waals surface area contributed by atoms with Gasteiger partial charge in [-0.2, -0.15) is 0 Å². The third kappa shape index (κ3) is 4.85. The number of halogens is 1. The lowest BCUT2D eigenvalue weighted by atomic mass is 9.99. The number of carbonyl (C=O) groups excluding carboxylic acids is 2. The molecule has 3 N–H and O–H groups in total. The molecule has 12 heteroatoms. The number of nitrogens with two attached hydrogens (primary N) is 1. The SMILES string of the molecule is CC(C)(CN1CC(CN)C1)S(=O)(=O)C1(CN2CCn3c(cnc3C(=O)NCc3ccc(Cl)cc3)C2=O)CC1. The van der Waals surface area contributed by atoms with Crippen molar-refractivity contribution in [2.24, 2.45) is 11.7 Å². The van der Waals surface area contributed by atoms with Gasteiger partial charge in [-0.15, -0.1) is 0 Å². The fourth-order valence-electron chi connectivity index (χ4n) is 5.62. The fourth-order valence-corrected chi connectivity index (χ4v) is 8.23. The molecule has 1 aromatic carbocycles. The first kappa shape index (κ1) is 27.1. The van der Waals surface area contributed by atoms with E-state index in [0.29, 0.717) is 62.2 Å². The lowest BCUT2D eigenvalue weighted by Crippen LogP contribution is -2.58. The molecule has 2 aliphatic heterocycles. The van der Waals surface area contributed by atoms with E-state index in [4.69, 9.17) is 17.3 Å². The summed E-state index contributed by atoms with van der Waals surface area (Å²) >= 11 is 5.91.